The van der Waals surface area contributed by atoms with Crippen molar-refractivity contribution in [3.63, 3.8) is 0 Å². The molecule has 0 aliphatic heterocycles. The number of hydrogen-bond donors (Lipinski definition) is 1. The molecular formula is C14H22O3. The van der Waals surface area contributed by atoms with Gasteiger partial charge in [0.05, 0.1) is 13.7 Å². The zero-order chi connectivity index (χ0) is 13.1. The molecule has 0 aromatic heterocycles. The second kappa shape index (κ2) is 5.52. The van der Waals surface area contributed by atoms with Crippen LogP contribution in [0.2, 0.25) is 0 Å². The summed E-state index contributed by atoms with van der Waals surface area (Å²) in [5, 5.41) is 10.7. The van der Waals surface area contributed by atoms with E-state index in [0.717, 1.165) is 22.4 Å². The number of rotatable bonds is 5. The molecule has 1 aromatic carbocycles. The van der Waals surface area contributed by atoms with Crippen LogP contribution in [0.3, 0.4) is 0 Å². The molecule has 0 saturated heterocycles. The van der Waals surface area contributed by atoms with Crippen LogP contribution in [0.1, 0.15) is 30.0 Å². The lowest BCUT2D eigenvalue weighted by Crippen LogP contribution is -2.32. The third-order valence-corrected chi connectivity index (χ3v) is 3.10. The zero-order valence-electron chi connectivity index (χ0n) is 11.3. The first-order valence-corrected chi connectivity index (χ1v) is 5.85. The second-order valence-electron chi connectivity index (χ2n) is 4.48. The van der Waals surface area contributed by atoms with Gasteiger partial charge in [-0.05, 0) is 37.5 Å². The minimum Gasteiger partial charge on any atom is -0.496 e. The summed E-state index contributed by atoms with van der Waals surface area (Å²) in [6.07, 6.45) is 0.584. The lowest BCUT2D eigenvalue weighted by molar-refractivity contribution is -0.0404. The Kier molecular flexibility index (Phi) is 4.54. The van der Waals surface area contributed by atoms with E-state index in [4.69, 9.17) is 9.47 Å². The van der Waals surface area contributed by atoms with Gasteiger partial charge in [0.1, 0.15) is 11.4 Å². The van der Waals surface area contributed by atoms with Crippen LogP contribution in [-0.4, -0.2) is 25.9 Å². The molecule has 1 rings (SSSR count). The van der Waals surface area contributed by atoms with E-state index in [0.29, 0.717) is 6.42 Å². The first kappa shape index (κ1) is 14.0. The van der Waals surface area contributed by atoms with E-state index < -0.39 is 5.60 Å². The van der Waals surface area contributed by atoms with Crippen molar-refractivity contribution in [3.8, 4) is 5.75 Å². The van der Waals surface area contributed by atoms with Gasteiger partial charge in [-0.2, -0.15) is 0 Å². The van der Waals surface area contributed by atoms with Gasteiger partial charge in [-0.1, -0.05) is 13.0 Å². The van der Waals surface area contributed by atoms with Crippen molar-refractivity contribution >= 4 is 0 Å². The van der Waals surface area contributed by atoms with Gasteiger partial charge >= 0.3 is 0 Å². The van der Waals surface area contributed by atoms with E-state index in [9.17, 15) is 5.11 Å². The smallest absolute Gasteiger partial charge is 0.125 e. The minimum atomic E-state index is -0.988. The van der Waals surface area contributed by atoms with E-state index >= 15 is 0 Å². The van der Waals surface area contributed by atoms with Gasteiger partial charge in [-0.15, -0.1) is 0 Å². The quantitative estimate of drug-likeness (QED) is 0.856. The molecule has 0 spiro atoms. The van der Waals surface area contributed by atoms with Gasteiger partial charge < -0.3 is 14.6 Å². The Balaban J connectivity index is 3.36. The highest BCUT2D eigenvalue weighted by atomic mass is 16.5. The summed E-state index contributed by atoms with van der Waals surface area (Å²) in [7, 11) is 3.22. The highest BCUT2D eigenvalue weighted by Gasteiger charge is 2.32. The molecule has 0 radical (unpaired) electrons. The molecule has 1 aromatic rings. The molecule has 1 N–H and O–H groups in total. The molecule has 3 heteroatoms. The summed E-state index contributed by atoms with van der Waals surface area (Å²) < 4.78 is 10.5. The second-order valence-corrected chi connectivity index (χ2v) is 4.48. The van der Waals surface area contributed by atoms with Gasteiger partial charge in [0, 0.05) is 12.7 Å². The SMILES string of the molecule is CCC(O)(COC)c1c(C)cc(C)cc1OC. The van der Waals surface area contributed by atoms with Crippen LogP contribution in [0.25, 0.3) is 0 Å². The van der Waals surface area contributed by atoms with Crippen molar-refractivity contribution in [1.29, 1.82) is 0 Å². The molecule has 1 unspecified atom stereocenters. The van der Waals surface area contributed by atoms with Gasteiger partial charge in [0.15, 0.2) is 0 Å². The maximum Gasteiger partial charge on any atom is 0.125 e. The first-order chi connectivity index (χ1) is 7.98. The van der Waals surface area contributed by atoms with Crippen LogP contribution in [0, 0.1) is 13.8 Å². The maximum atomic E-state index is 10.7. The fraction of sp³-hybridized carbons (Fsp3) is 0.571. The van der Waals surface area contributed by atoms with Crippen LogP contribution >= 0.6 is 0 Å². The number of methoxy groups -OCH3 is 2. The number of benzene rings is 1. The van der Waals surface area contributed by atoms with Crippen molar-refractivity contribution in [2.75, 3.05) is 20.8 Å². The summed E-state index contributed by atoms with van der Waals surface area (Å²) in [6, 6.07) is 3.99. The Bertz CT molecular complexity index is 387. The van der Waals surface area contributed by atoms with Gasteiger partial charge in [-0.25, -0.2) is 0 Å². The Morgan fingerprint density at radius 3 is 2.35 bits per heavy atom. The van der Waals surface area contributed by atoms with E-state index in [1.54, 1.807) is 14.2 Å². The predicted octanol–water partition coefficient (Wildman–Crippen LogP) is 2.56. The Labute approximate surface area is 103 Å². The summed E-state index contributed by atoms with van der Waals surface area (Å²) in [4.78, 5) is 0. The zero-order valence-corrected chi connectivity index (χ0v) is 11.3. The molecular weight excluding hydrogens is 216 g/mol. The molecule has 3 nitrogen and oxygen atoms in total. The third kappa shape index (κ3) is 2.79. The van der Waals surface area contributed by atoms with Crippen molar-refractivity contribution in [2.45, 2.75) is 32.8 Å². The molecule has 0 aliphatic rings. The topological polar surface area (TPSA) is 38.7 Å². The molecule has 0 amide bonds. The molecule has 0 heterocycles. The fourth-order valence-electron chi connectivity index (χ4n) is 2.28. The van der Waals surface area contributed by atoms with Crippen molar-refractivity contribution < 1.29 is 14.6 Å². The lowest BCUT2D eigenvalue weighted by atomic mass is 9.87. The monoisotopic (exact) mass is 238 g/mol. The molecule has 0 fully saturated rings. The van der Waals surface area contributed by atoms with E-state index in [-0.39, 0.29) is 6.61 Å². The average Bonchev–Trinajstić information content (AvgIpc) is 2.27. The minimum absolute atomic E-state index is 0.268. The van der Waals surface area contributed by atoms with E-state index in [2.05, 4.69) is 0 Å². The number of aliphatic hydroxyl groups is 1. The third-order valence-electron chi connectivity index (χ3n) is 3.10. The van der Waals surface area contributed by atoms with Gasteiger partial charge in [-0.3, -0.25) is 0 Å². The van der Waals surface area contributed by atoms with Crippen LogP contribution in [-0.2, 0) is 10.3 Å². The number of hydrogen-bond acceptors (Lipinski definition) is 3. The highest BCUT2D eigenvalue weighted by Crippen LogP contribution is 2.36. The van der Waals surface area contributed by atoms with Gasteiger partial charge in [0.2, 0.25) is 0 Å². The van der Waals surface area contributed by atoms with Crippen molar-refractivity contribution in [3.05, 3.63) is 28.8 Å². The van der Waals surface area contributed by atoms with Gasteiger partial charge in [0.25, 0.3) is 0 Å². The Hall–Kier alpha value is -1.06. The van der Waals surface area contributed by atoms with Crippen LogP contribution in [0.15, 0.2) is 12.1 Å². The Morgan fingerprint density at radius 2 is 1.88 bits per heavy atom. The van der Waals surface area contributed by atoms with E-state index in [1.165, 1.54) is 0 Å². The van der Waals surface area contributed by atoms with Crippen LogP contribution < -0.4 is 4.74 Å². The first-order valence-electron chi connectivity index (χ1n) is 5.85. The van der Waals surface area contributed by atoms with Crippen LogP contribution in [0.5, 0.6) is 5.75 Å². The number of aryl methyl sites for hydroxylation is 2. The molecule has 0 bridgehead atoms. The lowest BCUT2D eigenvalue weighted by Gasteiger charge is -2.30. The predicted molar refractivity (Wildman–Crippen MR) is 68.5 cm³/mol. The summed E-state index contributed by atoms with van der Waals surface area (Å²) in [5.74, 6) is 0.726. The normalized spacial score (nSPS) is 14.5. The maximum absolute atomic E-state index is 10.7. The van der Waals surface area contributed by atoms with Crippen LogP contribution in [0.4, 0.5) is 0 Å². The fourth-order valence-corrected chi connectivity index (χ4v) is 2.28. The molecule has 96 valence electrons. The van der Waals surface area contributed by atoms with E-state index in [1.807, 2.05) is 32.9 Å². The molecule has 0 saturated carbocycles. The Morgan fingerprint density at radius 1 is 1.24 bits per heavy atom. The van der Waals surface area contributed by atoms with Crippen molar-refractivity contribution in [2.24, 2.45) is 0 Å². The largest absolute Gasteiger partial charge is 0.496 e. The van der Waals surface area contributed by atoms with Crippen molar-refractivity contribution in [1.82, 2.24) is 0 Å². The summed E-state index contributed by atoms with van der Waals surface area (Å²) in [6.45, 7) is 6.21. The molecule has 0 aliphatic carbocycles. The summed E-state index contributed by atoms with van der Waals surface area (Å²) in [5.41, 5.74) is 2.00. The number of ether oxygens (including phenoxy) is 2. The molecule has 1 atom stereocenters. The highest BCUT2D eigenvalue weighted by molar-refractivity contribution is 5.46. The standard InChI is InChI=1S/C14H22O3/c1-6-14(15,9-16-4)13-11(3)7-10(2)8-12(13)17-5/h7-8,15H,6,9H2,1-5H3. The summed E-state index contributed by atoms with van der Waals surface area (Å²) >= 11 is 0. The molecule has 17 heavy (non-hydrogen) atoms. The average molecular weight is 238 g/mol.